The molecule has 1 amide bonds. The Morgan fingerprint density at radius 2 is 1.90 bits per heavy atom. The second-order valence-electron chi connectivity index (χ2n) is 6.50. The van der Waals surface area contributed by atoms with Crippen LogP contribution >= 0.6 is 0 Å². The quantitative estimate of drug-likeness (QED) is 0.582. The second kappa shape index (κ2) is 5.50. The zero-order valence-corrected chi connectivity index (χ0v) is 12.2. The summed E-state index contributed by atoms with van der Waals surface area (Å²) in [6, 6.07) is -0.0698. The summed E-state index contributed by atoms with van der Waals surface area (Å²) >= 11 is 0. The molecule has 2 fully saturated rings. The molecule has 1 aliphatic carbocycles. The summed E-state index contributed by atoms with van der Waals surface area (Å²) in [7, 11) is 0. The number of rotatable bonds is 2. The van der Waals surface area contributed by atoms with E-state index in [1.807, 2.05) is 6.92 Å². The van der Waals surface area contributed by atoms with Crippen molar-refractivity contribution in [3.8, 4) is 0 Å². The number of amides is 1. The van der Waals surface area contributed by atoms with Gasteiger partial charge < -0.3 is 9.64 Å². The summed E-state index contributed by atoms with van der Waals surface area (Å²) in [5.41, 5.74) is 0.000106. The molecule has 0 aromatic carbocycles. The molecule has 4 nitrogen and oxygen atoms in total. The average molecular weight is 307 g/mol. The Kier molecular flexibility index (Phi) is 4.22. The van der Waals surface area contributed by atoms with Crippen LogP contribution in [0.3, 0.4) is 0 Å². The molecule has 0 aromatic heterocycles. The number of esters is 1. The number of halogens is 3. The highest BCUT2D eigenvalue weighted by Gasteiger charge is 2.51. The van der Waals surface area contributed by atoms with Gasteiger partial charge in [-0.15, -0.1) is 0 Å². The second-order valence-corrected chi connectivity index (χ2v) is 6.50. The van der Waals surface area contributed by atoms with Crippen LogP contribution in [0.5, 0.6) is 0 Å². The van der Waals surface area contributed by atoms with Crippen molar-refractivity contribution in [3.63, 3.8) is 0 Å². The van der Waals surface area contributed by atoms with E-state index in [0.717, 1.165) is 25.7 Å². The number of hydrogen-bond donors (Lipinski definition) is 0. The Balaban J connectivity index is 2.02. The SMILES string of the molecule is C[C@H]1CC[C@H](C2(C)CC2)N(C(=O)C(=O)OCC(F)(F)F)C1. The molecule has 1 saturated heterocycles. The van der Waals surface area contributed by atoms with Crippen molar-refractivity contribution in [3.05, 3.63) is 0 Å². The van der Waals surface area contributed by atoms with Crippen LogP contribution < -0.4 is 0 Å². The van der Waals surface area contributed by atoms with Gasteiger partial charge in [-0.2, -0.15) is 13.2 Å². The van der Waals surface area contributed by atoms with Crippen LogP contribution in [0.1, 0.15) is 39.5 Å². The van der Waals surface area contributed by atoms with Crippen LogP contribution in [0.25, 0.3) is 0 Å². The van der Waals surface area contributed by atoms with Crippen molar-refractivity contribution < 1.29 is 27.5 Å². The minimum absolute atomic E-state index is 0.000106. The van der Waals surface area contributed by atoms with E-state index in [9.17, 15) is 22.8 Å². The van der Waals surface area contributed by atoms with E-state index in [2.05, 4.69) is 11.7 Å². The third kappa shape index (κ3) is 3.89. The molecule has 0 unspecified atom stereocenters. The fourth-order valence-electron chi connectivity index (χ4n) is 2.96. The molecule has 0 bridgehead atoms. The molecule has 0 radical (unpaired) electrons. The summed E-state index contributed by atoms with van der Waals surface area (Å²) in [5, 5.41) is 0. The zero-order valence-electron chi connectivity index (χ0n) is 12.2. The van der Waals surface area contributed by atoms with Gasteiger partial charge in [0.2, 0.25) is 0 Å². The van der Waals surface area contributed by atoms with E-state index >= 15 is 0 Å². The van der Waals surface area contributed by atoms with Gasteiger partial charge in [0, 0.05) is 12.6 Å². The first-order valence-corrected chi connectivity index (χ1v) is 7.17. The number of ether oxygens (including phenoxy) is 1. The smallest absolute Gasteiger partial charge is 0.422 e. The van der Waals surface area contributed by atoms with Crippen LogP contribution in [0.4, 0.5) is 13.2 Å². The summed E-state index contributed by atoms with van der Waals surface area (Å²) in [6.45, 7) is 2.70. The monoisotopic (exact) mass is 307 g/mol. The zero-order chi connectivity index (χ0) is 15.8. The number of carbonyl (C=O) groups excluding carboxylic acids is 2. The molecule has 1 saturated carbocycles. The van der Waals surface area contributed by atoms with Crippen LogP contribution in [0.2, 0.25) is 0 Å². The van der Waals surface area contributed by atoms with Gasteiger partial charge in [0.25, 0.3) is 0 Å². The van der Waals surface area contributed by atoms with Gasteiger partial charge >= 0.3 is 18.1 Å². The van der Waals surface area contributed by atoms with Gasteiger partial charge in [0.05, 0.1) is 0 Å². The number of carbonyl (C=O) groups is 2. The van der Waals surface area contributed by atoms with E-state index in [1.54, 1.807) is 0 Å². The van der Waals surface area contributed by atoms with Crippen molar-refractivity contribution in [1.29, 1.82) is 0 Å². The van der Waals surface area contributed by atoms with Gasteiger partial charge in [0.15, 0.2) is 6.61 Å². The minimum atomic E-state index is -4.62. The Bertz CT molecular complexity index is 432. The number of nitrogens with zero attached hydrogens (tertiary/aromatic N) is 1. The molecule has 2 aliphatic rings. The maximum atomic E-state index is 12.1. The molecule has 120 valence electrons. The van der Waals surface area contributed by atoms with Gasteiger partial charge in [-0.05, 0) is 37.0 Å². The Morgan fingerprint density at radius 1 is 1.29 bits per heavy atom. The standard InChI is InChI=1S/C14H20F3NO3/c1-9-3-4-10(13(2)5-6-13)18(7-9)11(19)12(20)21-8-14(15,16)17/h9-10H,3-8H2,1-2H3/t9-,10+/m0/s1. The van der Waals surface area contributed by atoms with Gasteiger partial charge in [-0.3, -0.25) is 4.79 Å². The first-order chi connectivity index (χ1) is 9.62. The molecule has 7 heteroatoms. The molecular formula is C14H20F3NO3. The highest BCUT2D eigenvalue weighted by molar-refractivity contribution is 6.32. The molecule has 0 aromatic rings. The molecule has 0 N–H and O–H groups in total. The van der Waals surface area contributed by atoms with E-state index in [0.29, 0.717) is 6.54 Å². The lowest BCUT2D eigenvalue weighted by Crippen LogP contribution is -2.52. The maximum Gasteiger partial charge on any atom is 0.422 e. The van der Waals surface area contributed by atoms with E-state index < -0.39 is 24.7 Å². The Labute approximate surface area is 121 Å². The number of piperidine rings is 1. The van der Waals surface area contributed by atoms with Crippen molar-refractivity contribution >= 4 is 11.9 Å². The molecule has 2 rings (SSSR count). The summed E-state index contributed by atoms with van der Waals surface area (Å²) in [5.74, 6) is -2.11. The van der Waals surface area contributed by atoms with Crippen molar-refractivity contribution in [2.45, 2.75) is 51.7 Å². The minimum Gasteiger partial charge on any atom is -0.449 e. The Morgan fingerprint density at radius 3 is 2.43 bits per heavy atom. The molecule has 0 spiro atoms. The predicted molar refractivity (Wildman–Crippen MR) is 68.3 cm³/mol. The van der Waals surface area contributed by atoms with E-state index in [-0.39, 0.29) is 17.4 Å². The van der Waals surface area contributed by atoms with Crippen LogP contribution in [-0.2, 0) is 14.3 Å². The highest BCUT2D eigenvalue weighted by atomic mass is 19.4. The van der Waals surface area contributed by atoms with Gasteiger partial charge in [-0.1, -0.05) is 13.8 Å². The van der Waals surface area contributed by atoms with Crippen LogP contribution in [-0.4, -0.2) is 42.1 Å². The third-order valence-corrected chi connectivity index (χ3v) is 4.46. The first kappa shape index (κ1) is 16.1. The summed E-state index contributed by atoms with van der Waals surface area (Å²) in [6.07, 6.45) is -0.911. The van der Waals surface area contributed by atoms with E-state index in [4.69, 9.17) is 0 Å². The largest absolute Gasteiger partial charge is 0.449 e. The molecule has 2 atom stereocenters. The topological polar surface area (TPSA) is 46.6 Å². The predicted octanol–water partition coefficient (Wildman–Crippen LogP) is 2.52. The Hall–Kier alpha value is -1.27. The summed E-state index contributed by atoms with van der Waals surface area (Å²) in [4.78, 5) is 25.1. The van der Waals surface area contributed by atoms with E-state index in [1.165, 1.54) is 4.90 Å². The molecule has 1 heterocycles. The fraction of sp³-hybridized carbons (Fsp3) is 0.857. The summed E-state index contributed by atoms with van der Waals surface area (Å²) < 4.78 is 40.3. The van der Waals surface area contributed by atoms with Crippen molar-refractivity contribution in [2.75, 3.05) is 13.2 Å². The average Bonchev–Trinajstić information content (AvgIpc) is 3.13. The van der Waals surface area contributed by atoms with Gasteiger partial charge in [0.1, 0.15) is 0 Å². The highest BCUT2D eigenvalue weighted by Crippen LogP contribution is 2.52. The van der Waals surface area contributed by atoms with Crippen LogP contribution in [0.15, 0.2) is 0 Å². The number of likely N-dealkylation sites (tertiary alicyclic amines) is 1. The number of hydrogen-bond acceptors (Lipinski definition) is 3. The third-order valence-electron chi connectivity index (χ3n) is 4.46. The van der Waals surface area contributed by atoms with Gasteiger partial charge in [-0.25, -0.2) is 4.79 Å². The van der Waals surface area contributed by atoms with Crippen LogP contribution in [0, 0.1) is 11.3 Å². The number of alkyl halides is 3. The first-order valence-electron chi connectivity index (χ1n) is 7.17. The lowest BCUT2D eigenvalue weighted by Gasteiger charge is -2.41. The molecule has 1 aliphatic heterocycles. The normalized spacial score (nSPS) is 28.1. The fourth-order valence-corrected chi connectivity index (χ4v) is 2.96. The lowest BCUT2D eigenvalue weighted by atomic mass is 9.85. The molecule has 21 heavy (non-hydrogen) atoms. The van der Waals surface area contributed by atoms with Crippen molar-refractivity contribution in [1.82, 2.24) is 4.90 Å². The van der Waals surface area contributed by atoms with Crippen molar-refractivity contribution in [2.24, 2.45) is 11.3 Å². The lowest BCUT2D eigenvalue weighted by molar-refractivity contribution is -0.190. The maximum absolute atomic E-state index is 12.1. The molecular weight excluding hydrogens is 287 g/mol.